The molecule has 3 aromatic rings. The topological polar surface area (TPSA) is 39.3 Å². The molecular formula is C23H24FN3O. The third-order valence-electron chi connectivity index (χ3n) is 5.27. The Kier molecular flexibility index (Phi) is 5.53. The Morgan fingerprint density at radius 3 is 2.64 bits per heavy atom. The summed E-state index contributed by atoms with van der Waals surface area (Å²) in [5.41, 5.74) is 2.92. The first kappa shape index (κ1) is 18.4. The van der Waals surface area contributed by atoms with Gasteiger partial charge in [0, 0.05) is 49.8 Å². The zero-order chi connectivity index (χ0) is 19.3. The van der Waals surface area contributed by atoms with Crippen LogP contribution in [0.25, 0.3) is 17.0 Å². The third kappa shape index (κ3) is 4.31. The van der Waals surface area contributed by atoms with Crippen LogP contribution in [0.2, 0.25) is 0 Å². The maximum Gasteiger partial charge on any atom is 0.227 e. The van der Waals surface area contributed by atoms with E-state index >= 15 is 0 Å². The minimum absolute atomic E-state index is 0.102. The van der Waals surface area contributed by atoms with E-state index in [4.69, 9.17) is 0 Å². The average molecular weight is 377 g/mol. The number of nitrogens with one attached hydrogen (secondary N) is 1. The molecule has 0 unspecified atom stereocenters. The van der Waals surface area contributed by atoms with Crippen LogP contribution in [0, 0.1) is 5.82 Å². The molecule has 1 aromatic heterocycles. The smallest absolute Gasteiger partial charge is 0.227 e. The monoisotopic (exact) mass is 377 g/mol. The summed E-state index contributed by atoms with van der Waals surface area (Å²) in [6.07, 6.45) is 6.42. The second-order valence-corrected chi connectivity index (χ2v) is 7.18. The van der Waals surface area contributed by atoms with Gasteiger partial charge in [-0.15, -0.1) is 0 Å². The first-order valence-corrected chi connectivity index (χ1v) is 9.66. The molecule has 1 aliphatic heterocycles. The first-order chi connectivity index (χ1) is 13.7. The number of halogens is 1. The molecule has 144 valence electrons. The summed E-state index contributed by atoms with van der Waals surface area (Å²) in [6, 6.07) is 14.9. The average Bonchev–Trinajstić information content (AvgIpc) is 3.11. The molecule has 0 aliphatic carbocycles. The molecule has 0 saturated carbocycles. The largest absolute Gasteiger partial charge is 0.361 e. The van der Waals surface area contributed by atoms with Crippen LogP contribution in [0.15, 0.2) is 60.8 Å². The quantitative estimate of drug-likeness (QED) is 0.736. The molecule has 1 N–H and O–H groups in total. The minimum Gasteiger partial charge on any atom is -0.361 e. The standard InChI is InChI=1S/C23H24FN3O/c24-20-8-9-22-21(16-20)19(17-25-22)15-23(28)27-13-11-26(12-14-27)10-4-7-18-5-2-1-3-6-18/h1-9,16-17,25H,10-15H2/b7-4+. The number of hydrogen-bond acceptors (Lipinski definition) is 2. The highest BCUT2D eigenvalue weighted by molar-refractivity contribution is 5.89. The molecule has 0 radical (unpaired) electrons. The van der Waals surface area contributed by atoms with E-state index in [0.29, 0.717) is 6.42 Å². The minimum atomic E-state index is -0.280. The number of benzene rings is 2. The van der Waals surface area contributed by atoms with E-state index in [1.165, 1.54) is 17.7 Å². The van der Waals surface area contributed by atoms with Gasteiger partial charge in [0.15, 0.2) is 0 Å². The van der Waals surface area contributed by atoms with E-state index in [2.05, 4.69) is 34.2 Å². The third-order valence-corrected chi connectivity index (χ3v) is 5.27. The zero-order valence-corrected chi connectivity index (χ0v) is 15.8. The van der Waals surface area contributed by atoms with Crippen molar-refractivity contribution in [1.82, 2.24) is 14.8 Å². The molecule has 0 bridgehead atoms. The highest BCUT2D eigenvalue weighted by Gasteiger charge is 2.21. The van der Waals surface area contributed by atoms with Crippen molar-refractivity contribution in [2.24, 2.45) is 0 Å². The lowest BCUT2D eigenvalue weighted by molar-refractivity contribution is -0.132. The lowest BCUT2D eigenvalue weighted by Crippen LogP contribution is -2.49. The zero-order valence-electron chi connectivity index (χ0n) is 15.8. The Balaban J connectivity index is 1.29. The number of amides is 1. The van der Waals surface area contributed by atoms with Gasteiger partial charge in [0.1, 0.15) is 5.82 Å². The van der Waals surface area contributed by atoms with Gasteiger partial charge in [-0.2, -0.15) is 0 Å². The number of carbonyl (C=O) groups excluding carboxylic acids is 1. The fourth-order valence-corrected chi connectivity index (χ4v) is 3.65. The van der Waals surface area contributed by atoms with Gasteiger partial charge in [-0.25, -0.2) is 4.39 Å². The maximum atomic E-state index is 13.5. The van der Waals surface area contributed by atoms with E-state index in [1.54, 1.807) is 6.07 Å². The number of H-pyrrole nitrogens is 1. The molecule has 1 amide bonds. The van der Waals surface area contributed by atoms with Crippen molar-refractivity contribution < 1.29 is 9.18 Å². The molecule has 2 heterocycles. The van der Waals surface area contributed by atoms with E-state index in [1.807, 2.05) is 29.3 Å². The predicted octanol–water partition coefficient (Wildman–Crippen LogP) is 3.71. The molecule has 0 atom stereocenters. The van der Waals surface area contributed by atoms with Crippen molar-refractivity contribution in [2.75, 3.05) is 32.7 Å². The summed E-state index contributed by atoms with van der Waals surface area (Å²) in [6.45, 7) is 4.09. The molecule has 5 heteroatoms. The van der Waals surface area contributed by atoms with Crippen LogP contribution in [0.5, 0.6) is 0 Å². The molecule has 1 saturated heterocycles. The Morgan fingerprint density at radius 2 is 1.86 bits per heavy atom. The maximum absolute atomic E-state index is 13.5. The number of piperazine rings is 1. The number of rotatable bonds is 5. The summed E-state index contributed by atoms with van der Waals surface area (Å²) in [5, 5.41) is 0.790. The molecule has 4 rings (SSSR count). The highest BCUT2D eigenvalue weighted by Crippen LogP contribution is 2.20. The molecular weight excluding hydrogens is 353 g/mol. The lowest BCUT2D eigenvalue weighted by Gasteiger charge is -2.34. The van der Waals surface area contributed by atoms with Crippen LogP contribution in [0.3, 0.4) is 0 Å². The normalized spacial score (nSPS) is 15.5. The number of aromatic nitrogens is 1. The van der Waals surface area contributed by atoms with E-state index in [-0.39, 0.29) is 11.7 Å². The number of carbonyl (C=O) groups is 1. The van der Waals surface area contributed by atoms with Gasteiger partial charge in [0.2, 0.25) is 5.91 Å². The van der Waals surface area contributed by atoms with Crippen LogP contribution in [0.1, 0.15) is 11.1 Å². The van der Waals surface area contributed by atoms with Crippen molar-refractivity contribution >= 4 is 22.9 Å². The lowest BCUT2D eigenvalue weighted by atomic mass is 10.1. The fraction of sp³-hybridized carbons (Fsp3) is 0.261. The van der Waals surface area contributed by atoms with Gasteiger partial charge >= 0.3 is 0 Å². The van der Waals surface area contributed by atoms with Crippen molar-refractivity contribution in [3.8, 4) is 0 Å². The highest BCUT2D eigenvalue weighted by atomic mass is 19.1. The Morgan fingerprint density at radius 1 is 1.07 bits per heavy atom. The predicted molar refractivity (Wildman–Crippen MR) is 110 cm³/mol. The van der Waals surface area contributed by atoms with Crippen LogP contribution < -0.4 is 0 Å². The number of fused-ring (bicyclic) bond motifs is 1. The van der Waals surface area contributed by atoms with Crippen molar-refractivity contribution in [3.63, 3.8) is 0 Å². The van der Waals surface area contributed by atoms with Crippen LogP contribution in [-0.4, -0.2) is 53.4 Å². The Labute approximate surface area is 164 Å². The van der Waals surface area contributed by atoms with Crippen molar-refractivity contribution in [3.05, 3.63) is 77.7 Å². The van der Waals surface area contributed by atoms with Crippen molar-refractivity contribution in [1.29, 1.82) is 0 Å². The summed E-state index contributed by atoms with van der Waals surface area (Å²) in [4.78, 5) is 20.1. The first-order valence-electron chi connectivity index (χ1n) is 9.66. The van der Waals surface area contributed by atoms with Gasteiger partial charge in [0.05, 0.1) is 6.42 Å². The van der Waals surface area contributed by atoms with E-state index in [0.717, 1.165) is 49.2 Å². The Bertz CT molecular complexity index is 972. The molecule has 1 fully saturated rings. The van der Waals surface area contributed by atoms with Gasteiger partial charge < -0.3 is 9.88 Å². The van der Waals surface area contributed by atoms with E-state index < -0.39 is 0 Å². The number of aromatic amines is 1. The van der Waals surface area contributed by atoms with Crippen molar-refractivity contribution in [2.45, 2.75) is 6.42 Å². The number of hydrogen-bond donors (Lipinski definition) is 1. The fourth-order valence-electron chi connectivity index (χ4n) is 3.65. The van der Waals surface area contributed by atoms with Gasteiger partial charge in [-0.05, 0) is 29.3 Å². The van der Waals surface area contributed by atoms with Gasteiger partial charge in [0.25, 0.3) is 0 Å². The SMILES string of the molecule is O=C(Cc1c[nH]c2ccc(F)cc12)N1CCN(C/C=C/c2ccccc2)CC1. The second kappa shape index (κ2) is 8.40. The van der Waals surface area contributed by atoms with Gasteiger partial charge in [-0.3, -0.25) is 9.69 Å². The van der Waals surface area contributed by atoms with Gasteiger partial charge in [-0.1, -0.05) is 42.5 Å². The molecule has 0 spiro atoms. The summed E-state index contributed by atoms with van der Waals surface area (Å²) in [7, 11) is 0. The summed E-state index contributed by atoms with van der Waals surface area (Å²) >= 11 is 0. The summed E-state index contributed by atoms with van der Waals surface area (Å²) < 4.78 is 13.5. The molecule has 2 aromatic carbocycles. The molecule has 1 aliphatic rings. The van der Waals surface area contributed by atoms with E-state index in [9.17, 15) is 9.18 Å². The van der Waals surface area contributed by atoms with Crippen LogP contribution >= 0.6 is 0 Å². The Hall–Kier alpha value is -2.92. The number of nitrogens with zero attached hydrogens (tertiary/aromatic N) is 2. The second-order valence-electron chi connectivity index (χ2n) is 7.18. The van der Waals surface area contributed by atoms with Crippen LogP contribution in [-0.2, 0) is 11.2 Å². The molecule has 28 heavy (non-hydrogen) atoms. The molecule has 4 nitrogen and oxygen atoms in total. The summed E-state index contributed by atoms with van der Waals surface area (Å²) in [5.74, 6) is -0.178. The van der Waals surface area contributed by atoms with Crippen LogP contribution in [0.4, 0.5) is 4.39 Å².